The lowest BCUT2D eigenvalue weighted by atomic mass is 9.64. The molecule has 2 unspecified atom stereocenters. The second-order valence-electron chi connectivity index (χ2n) is 47.6. The number of hydrogen-bond acceptors (Lipinski definition) is 23. The summed E-state index contributed by atoms with van der Waals surface area (Å²) >= 11 is 0. The highest BCUT2D eigenvalue weighted by molar-refractivity contribution is 7.91. The number of nitrogens with one attached hydrogen (secondary N) is 3. The fourth-order valence-electron chi connectivity index (χ4n) is 18.3. The number of β-amino-alcohol motifs (C(OH)–C–C–N with tert-alkyl or cyclic N) is 1. The third-order valence-electron chi connectivity index (χ3n) is 27.5. The summed E-state index contributed by atoms with van der Waals surface area (Å²) in [5.74, 6) is 7.01. The number of aliphatic hydroxyl groups is 3. The van der Waals surface area contributed by atoms with Gasteiger partial charge in [0.05, 0.1) is 106 Å². The van der Waals surface area contributed by atoms with Crippen LogP contribution in [0.3, 0.4) is 0 Å². The summed E-state index contributed by atoms with van der Waals surface area (Å²) in [7, 11) is -2.90. The van der Waals surface area contributed by atoms with Gasteiger partial charge in [0.2, 0.25) is 70.9 Å². The topological polar surface area (TPSA) is 524 Å². The van der Waals surface area contributed by atoms with Gasteiger partial charge in [0.1, 0.15) is 12.2 Å². The van der Waals surface area contributed by atoms with Crippen molar-refractivity contribution in [3.8, 4) is 0 Å². The van der Waals surface area contributed by atoms with Gasteiger partial charge in [-0.1, -0.05) is 193 Å². The number of primary amides is 4. The van der Waals surface area contributed by atoms with Crippen LogP contribution >= 0.6 is 0 Å². The predicted molar refractivity (Wildman–Crippen MR) is 569 cm³/mol. The van der Waals surface area contributed by atoms with E-state index in [0.29, 0.717) is 190 Å². The number of likely N-dealkylation sites (tertiary alicyclic amines) is 1. The average molecular weight is 2080 g/mol. The number of nitrogens with zero attached hydrogens (tertiary/aromatic N) is 8. The Morgan fingerprint density at radius 2 is 0.883 bits per heavy atom. The number of hydrogen-bond donors (Lipinski definition) is 10. The minimum atomic E-state index is -2.90. The number of piperidine rings is 1. The molecule has 1 aromatic rings. The highest BCUT2D eigenvalue weighted by Crippen LogP contribution is 2.50. The van der Waals surface area contributed by atoms with E-state index >= 15 is 0 Å². The van der Waals surface area contributed by atoms with E-state index < -0.39 is 22.0 Å². The molecule has 2 aliphatic carbocycles. The van der Waals surface area contributed by atoms with Gasteiger partial charge in [0.25, 0.3) is 0 Å². The first-order valence-corrected chi connectivity index (χ1v) is 56.0. The van der Waals surface area contributed by atoms with E-state index in [4.69, 9.17) is 47.0 Å². The Morgan fingerprint density at radius 3 is 1.26 bits per heavy atom. The molecule has 14 N–H and O–H groups in total. The summed E-state index contributed by atoms with van der Waals surface area (Å²) < 4.78 is 44.7. The molecule has 0 bridgehead atoms. The molecule has 36 nitrogen and oxygen atoms in total. The summed E-state index contributed by atoms with van der Waals surface area (Å²) in [5.41, 5.74) is 19.5. The fourth-order valence-corrected chi connectivity index (χ4v) is 19.5. The fraction of sp³-hybridized carbons (Fsp3) is 0.870. The number of piperazine rings is 1. The number of rotatable bonds is 35. The number of carbonyl (C=O) groups excluding carboxylic acids is 12. The number of nitrogens with two attached hydrogens (primary N) is 4. The Labute approximate surface area is 872 Å². The third kappa shape index (κ3) is 53.6. The number of amides is 12. The minimum Gasteiger partial charge on any atom is -0.395 e. The molecule has 11 rings (SSSR count). The molecule has 8 aliphatic heterocycles. The minimum absolute atomic E-state index is 0.00347. The van der Waals surface area contributed by atoms with Crippen LogP contribution in [0.5, 0.6) is 0 Å². The Balaban J connectivity index is 0.000000799. The van der Waals surface area contributed by atoms with E-state index in [2.05, 4.69) is 165 Å². The van der Waals surface area contributed by atoms with Gasteiger partial charge in [0.15, 0.2) is 9.84 Å². The van der Waals surface area contributed by atoms with Gasteiger partial charge >= 0.3 is 0 Å². The Morgan fingerprint density at radius 1 is 0.469 bits per heavy atom. The SMILES string of the molecule is CC(C)CC(C)(C)C(=O)N1CCOCC1.CC(C)CC(C)(C)C(=O)NCCO.CC(C)CC1(C(N)=O)CC1.CC(C)CC1(C(N)=O)CCC1.CC(C)CC1(C(N)=O)CCOCC1.CC(C)CC1(C(N)=O)COC1.CC(C)CCC(=O)N1CCC(O)C(O)C1.CC(C)CCC(=O)N1CCNC(=O)C1.CC(C)CCC(=O)N1CCn2ncnc2C1.CC(C)CCC(=O)NC1COC1.CCC(C)(C)C(=O)N1CCS(=O)(=O)CC1. The maximum absolute atomic E-state index is 12.2. The largest absolute Gasteiger partial charge is 0.395 e. The van der Waals surface area contributed by atoms with Gasteiger partial charge in [-0.05, 0) is 175 Å². The number of morpholine rings is 1. The van der Waals surface area contributed by atoms with Gasteiger partial charge in [-0.25, -0.2) is 18.1 Å². The molecule has 37 heteroatoms. The van der Waals surface area contributed by atoms with Crippen LogP contribution in [0.4, 0.5) is 0 Å². The van der Waals surface area contributed by atoms with Gasteiger partial charge in [-0.15, -0.1) is 0 Å². The zero-order valence-electron chi connectivity index (χ0n) is 94.8. The van der Waals surface area contributed by atoms with Crippen LogP contribution in [0, 0.1) is 97.1 Å². The maximum Gasteiger partial charge on any atom is 0.239 e. The van der Waals surface area contributed by atoms with E-state index in [1.165, 1.54) is 6.42 Å². The molecule has 2 atom stereocenters. The van der Waals surface area contributed by atoms with Gasteiger partial charge in [-0.2, -0.15) is 5.10 Å². The van der Waals surface area contributed by atoms with Crippen molar-refractivity contribution >= 4 is 80.7 Å². The summed E-state index contributed by atoms with van der Waals surface area (Å²) in [6.45, 7) is 68.2. The number of fused-ring (bicyclic) bond motifs is 1. The highest BCUT2D eigenvalue weighted by Gasteiger charge is 2.49. The van der Waals surface area contributed by atoms with Crippen molar-refractivity contribution in [1.82, 2.24) is 55.2 Å². The number of aliphatic hydroxyl groups excluding tert-OH is 3. The van der Waals surface area contributed by atoms with Crippen molar-refractivity contribution in [2.75, 3.05) is 143 Å². The molecule has 145 heavy (non-hydrogen) atoms. The summed E-state index contributed by atoms with van der Waals surface area (Å²) in [4.78, 5) is 150. The monoisotopic (exact) mass is 2080 g/mol. The lowest BCUT2D eigenvalue weighted by molar-refractivity contribution is -0.161. The van der Waals surface area contributed by atoms with E-state index in [1.54, 1.807) is 21.0 Å². The van der Waals surface area contributed by atoms with E-state index in [9.17, 15) is 76.2 Å². The standard InChI is InChI=1S/C12H23NO2.C11H18N4O.C11H21NO3.C10H18N2O2.C10H19NO3S.C10H19NO2.C10H21NO2.C9H17NO2.C9H17NO.C8H15NO2.C8H15NO/c1-10(2)9-12(3,4)11(14)13-5-7-15-8-6-13;1-9(2)3-4-11(16)14-5-6-15-10(7-14)12-8-13-15;1-8(2)3-4-11(15)12-6-5-9(13)10(14)7-12;1-8(2)3-4-10(14)12-6-5-11-9(13)7-12;1-4-10(2,3)9(12)11-5-7-15(13,14)8-6-11;1-8(2)7-10(9(11)12)3-5-13-6-4-10;1-8(2)7-10(3,4)9(13)11-5-6-12;1-7(2)3-4-9(11)10-8-5-12-6-8;1-7(2)6-9(8(10)11)4-3-5-9;1-6(2)3-8(7(9)10)4-11-5-8;1-6(2)5-8(3-4-8)7(9)10/h10H,5-9H2,1-4H3;8-9H,3-7H2,1-2H3;8-10,13-14H,3-7H2,1-2H3;8H,3-7H2,1-2H3,(H,11,13);4-8H2,1-3H3;8H,3-7H2,1-2H3,(H2,11,12);8,12H,5-7H2,1-4H3,(H,11,13);7-8H,3-6H2,1-2H3,(H,10,11);7H,3-6H2,1-2H3,(H2,10,11);6H,3-5H2,1-2H3,(H2,9,10);6H,3-5H2,1-2H3,(H2,9,10). The molecule has 0 radical (unpaired) electrons. The maximum atomic E-state index is 12.2. The van der Waals surface area contributed by atoms with Crippen molar-refractivity contribution in [3.63, 3.8) is 0 Å². The molecule has 2 saturated carbocycles. The normalized spacial score (nSPS) is 19.4. The lowest BCUT2D eigenvalue weighted by Gasteiger charge is -2.40. The van der Waals surface area contributed by atoms with Crippen LogP contribution in [0.25, 0.3) is 0 Å². The zero-order valence-corrected chi connectivity index (χ0v) is 95.6. The van der Waals surface area contributed by atoms with Crippen LogP contribution in [-0.4, -0.2) is 295 Å². The Bertz CT molecular complexity index is 4050. The van der Waals surface area contributed by atoms with Gasteiger partial charge in [-0.3, -0.25) is 57.5 Å². The first kappa shape index (κ1) is 135. The summed E-state index contributed by atoms with van der Waals surface area (Å²) in [6, 6.07) is 0.282. The number of ether oxygens (including phenoxy) is 4. The van der Waals surface area contributed by atoms with Crippen LogP contribution in [0.1, 0.15) is 340 Å². The number of sulfone groups is 1. The molecule has 10 aliphatic rings. The molecule has 0 aromatic carbocycles. The first-order valence-electron chi connectivity index (χ1n) is 54.1. The number of aromatic nitrogens is 3. The van der Waals surface area contributed by atoms with E-state index in [1.807, 2.05) is 62.9 Å². The average Bonchev–Trinajstić information content (AvgIpc) is 1.61. The summed E-state index contributed by atoms with van der Waals surface area (Å²) in [6.07, 6.45) is 19.8. The molecule has 9 heterocycles. The molecule has 9 fully saturated rings. The summed E-state index contributed by atoms with van der Waals surface area (Å²) in [5, 5.41) is 39.7. The predicted octanol–water partition coefficient (Wildman–Crippen LogP) is 11.4. The highest BCUT2D eigenvalue weighted by atomic mass is 32.2. The molecular weight excluding hydrogens is 1880 g/mol. The Kier molecular flexibility index (Phi) is 62.5. The van der Waals surface area contributed by atoms with Crippen LogP contribution in [0.15, 0.2) is 6.33 Å². The smallest absolute Gasteiger partial charge is 0.239 e. The molecule has 12 amide bonds. The number of carbonyl (C=O) groups is 12. The van der Waals surface area contributed by atoms with Crippen LogP contribution < -0.4 is 38.9 Å². The van der Waals surface area contributed by atoms with Crippen molar-refractivity contribution in [1.29, 1.82) is 0 Å². The molecule has 1 aromatic heterocycles. The second kappa shape index (κ2) is 66.9. The van der Waals surface area contributed by atoms with E-state index in [0.717, 1.165) is 141 Å². The van der Waals surface area contributed by atoms with E-state index in [-0.39, 0.29) is 146 Å². The van der Waals surface area contributed by atoms with Crippen molar-refractivity contribution in [2.24, 2.45) is 120 Å². The molecular formula is C108H203N15O21S. The molecule has 842 valence electrons. The van der Waals surface area contributed by atoms with Crippen molar-refractivity contribution in [3.05, 3.63) is 12.2 Å². The zero-order chi connectivity index (χ0) is 111. The second-order valence-corrected chi connectivity index (χ2v) is 49.9. The van der Waals surface area contributed by atoms with Crippen LogP contribution in [-0.2, 0) is 99.4 Å². The Hall–Kier alpha value is -7.55. The quantitative estimate of drug-likeness (QED) is 0.0302. The third-order valence-corrected chi connectivity index (χ3v) is 29.1. The van der Waals surface area contributed by atoms with Crippen LogP contribution in [0.2, 0.25) is 0 Å². The molecule has 0 spiro atoms. The molecule has 7 saturated heterocycles. The lowest BCUT2D eigenvalue weighted by Crippen LogP contribution is -2.53. The van der Waals surface area contributed by atoms with Gasteiger partial charge < -0.3 is 97.7 Å². The van der Waals surface area contributed by atoms with Crippen molar-refractivity contribution < 1.29 is 100 Å². The van der Waals surface area contributed by atoms with Gasteiger partial charge in [0, 0.05) is 131 Å². The van der Waals surface area contributed by atoms with Crippen molar-refractivity contribution in [2.45, 2.75) is 366 Å². The first-order chi connectivity index (χ1) is 67.3.